The summed E-state index contributed by atoms with van der Waals surface area (Å²) in [6, 6.07) is 14.6. The van der Waals surface area contributed by atoms with Gasteiger partial charge in [0.05, 0.1) is 0 Å². The van der Waals surface area contributed by atoms with Gasteiger partial charge in [-0.1, -0.05) is 24.3 Å². The summed E-state index contributed by atoms with van der Waals surface area (Å²) in [5.74, 6) is 0. The minimum atomic E-state index is 1.02. The second-order valence-corrected chi connectivity index (χ2v) is 4.22. The summed E-state index contributed by atoms with van der Waals surface area (Å²) in [5, 5.41) is 1.34. The zero-order valence-corrected chi connectivity index (χ0v) is 9.63. The first-order valence-corrected chi connectivity index (χ1v) is 5.92. The Morgan fingerprint density at radius 1 is 0.941 bits per heavy atom. The molecule has 0 unspecified atom stereocenters. The highest BCUT2D eigenvalue weighted by Crippen LogP contribution is 2.17. The van der Waals surface area contributed by atoms with Crippen molar-refractivity contribution >= 4 is 10.9 Å². The van der Waals surface area contributed by atoms with Crippen LogP contribution in [0.3, 0.4) is 0 Å². The number of nitrogens with zero attached hydrogens (tertiary/aromatic N) is 1. The summed E-state index contributed by atoms with van der Waals surface area (Å²) in [4.78, 5) is 3.32. The predicted octanol–water partition coefficient (Wildman–Crippen LogP) is 2.70. The highest BCUT2D eigenvalue weighted by molar-refractivity contribution is 5.82. The average molecular weight is 223 g/mol. The topological polar surface area (TPSA) is 19.7 Å². The molecule has 2 heterocycles. The van der Waals surface area contributed by atoms with Crippen LogP contribution in [-0.2, 0) is 13.0 Å². The number of pyridine rings is 1. The SMILES string of the molecule is c1cc[n+](CCc2c[nH]c3ccccc23)cc1. The third-order valence-electron chi connectivity index (χ3n) is 3.09. The van der Waals surface area contributed by atoms with Crippen molar-refractivity contribution < 1.29 is 4.57 Å². The molecule has 84 valence electrons. The molecule has 0 saturated carbocycles. The Morgan fingerprint density at radius 2 is 1.76 bits per heavy atom. The molecule has 0 bridgehead atoms. The van der Waals surface area contributed by atoms with Crippen molar-refractivity contribution in [3.8, 4) is 0 Å². The summed E-state index contributed by atoms with van der Waals surface area (Å²) in [6.45, 7) is 1.02. The van der Waals surface area contributed by atoms with Crippen LogP contribution in [0.15, 0.2) is 61.1 Å². The molecule has 0 aliphatic rings. The highest BCUT2D eigenvalue weighted by Gasteiger charge is 2.05. The number of hydrogen-bond donors (Lipinski definition) is 1. The van der Waals surface area contributed by atoms with Gasteiger partial charge in [-0.15, -0.1) is 0 Å². The molecule has 17 heavy (non-hydrogen) atoms. The Kier molecular flexibility index (Phi) is 2.62. The van der Waals surface area contributed by atoms with Gasteiger partial charge in [-0.05, 0) is 11.6 Å². The maximum Gasteiger partial charge on any atom is 0.168 e. The van der Waals surface area contributed by atoms with Crippen molar-refractivity contribution in [2.24, 2.45) is 0 Å². The normalized spacial score (nSPS) is 10.8. The lowest BCUT2D eigenvalue weighted by Gasteiger charge is -1.96. The van der Waals surface area contributed by atoms with Gasteiger partial charge in [0.1, 0.15) is 0 Å². The molecule has 1 aromatic carbocycles. The molecule has 2 aromatic heterocycles. The number of fused-ring (bicyclic) bond motifs is 1. The molecular weight excluding hydrogens is 208 g/mol. The smallest absolute Gasteiger partial charge is 0.168 e. The van der Waals surface area contributed by atoms with Gasteiger partial charge < -0.3 is 4.98 Å². The molecule has 2 heteroatoms. The van der Waals surface area contributed by atoms with E-state index >= 15 is 0 Å². The molecule has 2 nitrogen and oxygen atoms in total. The summed E-state index contributed by atoms with van der Waals surface area (Å²) in [5.41, 5.74) is 2.61. The number of aromatic nitrogens is 2. The Bertz CT molecular complexity index is 611. The first-order chi connectivity index (χ1) is 8.43. The maximum absolute atomic E-state index is 3.32. The molecule has 0 aliphatic heterocycles. The van der Waals surface area contributed by atoms with Crippen LogP contribution < -0.4 is 4.57 Å². The molecule has 0 saturated heterocycles. The van der Waals surface area contributed by atoms with Crippen LogP contribution in [0.4, 0.5) is 0 Å². The quantitative estimate of drug-likeness (QED) is 0.659. The summed E-state index contributed by atoms with van der Waals surface area (Å²) in [7, 11) is 0. The second-order valence-electron chi connectivity index (χ2n) is 4.22. The lowest BCUT2D eigenvalue weighted by molar-refractivity contribution is -0.696. The minimum absolute atomic E-state index is 1.02. The summed E-state index contributed by atoms with van der Waals surface area (Å²) < 4.78 is 2.21. The Hall–Kier alpha value is -2.09. The van der Waals surface area contributed by atoms with Gasteiger partial charge in [-0.3, -0.25) is 0 Å². The first-order valence-electron chi connectivity index (χ1n) is 5.92. The van der Waals surface area contributed by atoms with Gasteiger partial charge in [0, 0.05) is 35.7 Å². The number of para-hydroxylation sites is 1. The summed E-state index contributed by atoms with van der Waals surface area (Å²) >= 11 is 0. The number of nitrogens with one attached hydrogen (secondary N) is 1. The number of H-pyrrole nitrogens is 1. The Labute approximate surface area is 101 Å². The van der Waals surface area contributed by atoms with E-state index in [9.17, 15) is 0 Å². The fourth-order valence-electron chi connectivity index (χ4n) is 2.17. The molecule has 0 fully saturated rings. The standard InChI is InChI=1S/C15H15N2/c1-4-9-17(10-5-1)11-8-13-12-16-15-7-3-2-6-14(13)15/h1-7,9-10,12,16H,8,11H2/q+1. The van der Waals surface area contributed by atoms with E-state index in [-0.39, 0.29) is 0 Å². The Morgan fingerprint density at radius 3 is 2.65 bits per heavy atom. The van der Waals surface area contributed by atoms with Crippen molar-refractivity contribution in [2.45, 2.75) is 13.0 Å². The largest absolute Gasteiger partial charge is 0.361 e. The molecule has 3 rings (SSSR count). The van der Waals surface area contributed by atoms with Crippen molar-refractivity contribution in [2.75, 3.05) is 0 Å². The molecule has 0 spiro atoms. The van der Waals surface area contributed by atoms with E-state index in [0.717, 1.165) is 13.0 Å². The molecule has 0 aliphatic carbocycles. The number of aryl methyl sites for hydroxylation is 2. The van der Waals surface area contributed by atoms with Crippen LogP contribution in [-0.4, -0.2) is 4.98 Å². The van der Waals surface area contributed by atoms with Crippen LogP contribution >= 0.6 is 0 Å². The van der Waals surface area contributed by atoms with Gasteiger partial charge in [-0.2, -0.15) is 0 Å². The van der Waals surface area contributed by atoms with E-state index in [1.165, 1.54) is 16.5 Å². The van der Waals surface area contributed by atoms with Gasteiger partial charge >= 0.3 is 0 Å². The number of hydrogen-bond acceptors (Lipinski definition) is 0. The van der Waals surface area contributed by atoms with Crippen LogP contribution in [0.2, 0.25) is 0 Å². The molecule has 0 amide bonds. The molecule has 0 atom stereocenters. The second kappa shape index (κ2) is 4.42. The number of rotatable bonds is 3. The van der Waals surface area contributed by atoms with E-state index in [4.69, 9.17) is 0 Å². The predicted molar refractivity (Wildman–Crippen MR) is 68.6 cm³/mol. The monoisotopic (exact) mass is 223 g/mol. The van der Waals surface area contributed by atoms with Gasteiger partial charge in [0.2, 0.25) is 0 Å². The van der Waals surface area contributed by atoms with E-state index < -0.39 is 0 Å². The first kappa shape index (κ1) is 10.1. The summed E-state index contributed by atoms with van der Waals surface area (Å²) in [6.07, 6.45) is 7.39. The van der Waals surface area contributed by atoms with Gasteiger partial charge in [-0.25, -0.2) is 4.57 Å². The zero-order chi connectivity index (χ0) is 11.5. The van der Waals surface area contributed by atoms with Crippen molar-refractivity contribution in [3.63, 3.8) is 0 Å². The lowest BCUT2D eigenvalue weighted by Crippen LogP contribution is -2.33. The van der Waals surface area contributed by atoms with E-state index in [0.29, 0.717) is 0 Å². The molecule has 0 radical (unpaired) electrons. The molecule has 3 aromatic rings. The average Bonchev–Trinajstić information content (AvgIpc) is 2.81. The fraction of sp³-hybridized carbons (Fsp3) is 0.133. The van der Waals surface area contributed by atoms with E-state index in [1.54, 1.807) is 0 Å². The molecule has 1 N–H and O–H groups in total. The van der Waals surface area contributed by atoms with Gasteiger partial charge in [0.25, 0.3) is 0 Å². The van der Waals surface area contributed by atoms with Crippen LogP contribution in [0.5, 0.6) is 0 Å². The number of aromatic amines is 1. The van der Waals surface area contributed by atoms with Crippen LogP contribution in [0.1, 0.15) is 5.56 Å². The Balaban J connectivity index is 1.82. The van der Waals surface area contributed by atoms with E-state index in [2.05, 4.69) is 64.5 Å². The zero-order valence-electron chi connectivity index (χ0n) is 9.63. The van der Waals surface area contributed by atoms with E-state index in [1.807, 2.05) is 6.07 Å². The van der Waals surface area contributed by atoms with Crippen molar-refractivity contribution in [1.82, 2.24) is 4.98 Å². The maximum atomic E-state index is 3.32. The third kappa shape index (κ3) is 2.07. The van der Waals surface area contributed by atoms with Gasteiger partial charge in [0.15, 0.2) is 18.9 Å². The lowest BCUT2D eigenvalue weighted by atomic mass is 10.1. The molecular formula is C15H15N2+. The van der Waals surface area contributed by atoms with Crippen molar-refractivity contribution in [3.05, 3.63) is 66.6 Å². The third-order valence-corrected chi connectivity index (χ3v) is 3.09. The number of benzene rings is 1. The minimum Gasteiger partial charge on any atom is -0.361 e. The highest BCUT2D eigenvalue weighted by atomic mass is 14.9. The van der Waals surface area contributed by atoms with Crippen molar-refractivity contribution in [1.29, 1.82) is 0 Å². The fourth-order valence-corrected chi connectivity index (χ4v) is 2.17. The van der Waals surface area contributed by atoms with Crippen LogP contribution in [0.25, 0.3) is 10.9 Å². The van der Waals surface area contributed by atoms with Crippen LogP contribution in [0, 0.1) is 0 Å².